The highest BCUT2D eigenvalue weighted by molar-refractivity contribution is 5.98. The monoisotopic (exact) mass is 356 g/mol. The Morgan fingerprint density at radius 1 is 1.19 bits per heavy atom. The van der Waals surface area contributed by atoms with E-state index >= 15 is 0 Å². The van der Waals surface area contributed by atoms with Gasteiger partial charge in [0.25, 0.3) is 11.8 Å². The predicted octanol–water partition coefficient (Wildman–Crippen LogP) is 1.26. The van der Waals surface area contributed by atoms with Crippen molar-refractivity contribution in [1.82, 2.24) is 0 Å². The Morgan fingerprint density at radius 3 is 2.62 bits per heavy atom. The smallest absolute Gasteiger partial charge is 0.284 e. The van der Waals surface area contributed by atoms with Gasteiger partial charge in [0.2, 0.25) is 0 Å². The van der Waals surface area contributed by atoms with Crippen LogP contribution in [0.4, 0.5) is 15.8 Å². The van der Waals surface area contributed by atoms with E-state index in [0.29, 0.717) is 12.2 Å². The van der Waals surface area contributed by atoms with Crippen molar-refractivity contribution in [2.45, 2.75) is 19.4 Å². The quantitative estimate of drug-likeness (QED) is 0.847. The van der Waals surface area contributed by atoms with Gasteiger partial charge < -0.3 is 15.1 Å². The number of fused-ring (bicyclic) bond motifs is 1. The van der Waals surface area contributed by atoms with Gasteiger partial charge in [0.05, 0.1) is 7.05 Å². The van der Waals surface area contributed by atoms with Crippen LogP contribution in [-0.2, 0) is 16.0 Å². The molecule has 26 heavy (non-hydrogen) atoms. The Hall–Kier alpha value is -2.73. The van der Waals surface area contributed by atoms with Crippen molar-refractivity contribution < 1.29 is 18.9 Å². The summed E-state index contributed by atoms with van der Waals surface area (Å²) in [5, 5.41) is 2.73. The van der Waals surface area contributed by atoms with Crippen LogP contribution in [-0.4, -0.2) is 38.0 Å². The lowest BCUT2D eigenvalue weighted by molar-refractivity contribution is -0.885. The van der Waals surface area contributed by atoms with Crippen molar-refractivity contribution in [2.24, 2.45) is 0 Å². The van der Waals surface area contributed by atoms with Gasteiger partial charge in [-0.25, -0.2) is 4.39 Å². The zero-order chi connectivity index (χ0) is 18.7. The number of likely N-dealkylation sites (N-methyl/N-ethyl adjacent to an activating group) is 1. The molecule has 0 aliphatic carbocycles. The molecule has 3 rings (SSSR count). The van der Waals surface area contributed by atoms with Crippen LogP contribution in [0, 0.1) is 5.82 Å². The first-order valence-corrected chi connectivity index (χ1v) is 8.72. The molecular weight excluding hydrogens is 333 g/mol. The Labute approximate surface area is 152 Å². The van der Waals surface area contributed by atoms with E-state index in [4.69, 9.17) is 0 Å². The van der Waals surface area contributed by atoms with Gasteiger partial charge in [0, 0.05) is 17.9 Å². The number of carbonyl (C=O) groups excluding carboxylic acids is 2. The summed E-state index contributed by atoms with van der Waals surface area (Å²) in [6, 6.07) is 13.2. The summed E-state index contributed by atoms with van der Waals surface area (Å²) in [6.07, 6.45) is 0.860. The maximum atomic E-state index is 12.9. The third kappa shape index (κ3) is 3.91. The molecule has 2 amide bonds. The number of nitrogens with one attached hydrogen (secondary N) is 2. The minimum Gasteiger partial charge on any atom is -0.321 e. The molecular formula is C20H23FN3O2+. The SMILES string of the molecule is C[C@H](C(=O)N1CCc2ccccc21)[NH+](C)CC(=O)Nc1ccc(F)cc1. The van der Waals surface area contributed by atoms with Crippen LogP contribution < -0.4 is 15.1 Å². The molecule has 2 atom stereocenters. The van der Waals surface area contributed by atoms with Crippen LogP contribution in [0.3, 0.4) is 0 Å². The molecule has 0 aromatic heterocycles. The first-order valence-electron chi connectivity index (χ1n) is 8.72. The second-order valence-corrected chi connectivity index (χ2v) is 6.67. The summed E-state index contributed by atoms with van der Waals surface area (Å²) >= 11 is 0. The first-order chi connectivity index (χ1) is 12.5. The Kier molecular flexibility index (Phi) is 5.32. The highest BCUT2D eigenvalue weighted by atomic mass is 19.1. The average Bonchev–Trinajstić information content (AvgIpc) is 3.06. The van der Waals surface area contributed by atoms with Gasteiger partial charge in [-0.05, 0) is 49.2 Å². The average molecular weight is 356 g/mol. The van der Waals surface area contributed by atoms with E-state index in [0.717, 1.165) is 17.0 Å². The van der Waals surface area contributed by atoms with Crippen LogP contribution in [0.5, 0.6) is 0 Å². The van der Waals surface area contributed by atoms with E-state index in [1.54, 1.807) is 4.90 Å². The molecule has 1 aliphatic heterocycles. The predicted molar refractivity (Wildman–Crippen MR) is 98.7 cm³/mol. The van der Waals surface area contributed by atoms with Crippen molar-refractivity contribution in [3.05, 3.63) is 59.9 Å². The van der Waals surface area contributed by atoms with E-state index in [-0.39, 0.29) is 30.2 Å². The molecule has 0 spiro atoms. The molecule has 2 aromatic rings. The van der Waals surface area contributed by atoms with Crippen LogP contribution in [0.2, 0.25) is 0 Å². The lowest BCUT2D eigenvalue weighted by Gasteiger charge is -2.25. The van der Waals surface area contributed by atoms with E-state index < -0.39 is 0 Å². The molecule has 0 saturated heterocycles. The standard InChI is InChI=1S/C20H22FN3O2/c1-14(20(26)24-12-11-15-5-3-4-6-18(15)24)23(2)13-19(25)22-17-9-7-16(21)8-10-17/h3-10,14H,11-13H2,1-2H3,(H,22,25)/p+1/t14-/m1/s1. The number of nitrogens with zero attached hydrogens (tertiary/aromatic N) is 1. The molecule has 2 aromatic carbocycles. The number of carbonyl (C=O) groups is 2. The Morgan fingerprint density at radius 2 is 1.88 bits per heavy atom. The van der Waals surface area contributed by atoms with Crippen molar-refractivity contribution in [3.63, 3.8) is 0 Å². The van der Waals surface area contributed by atoms with E-state index in [1.807, 2.05) is 38.2 Å². The number of hydrogen-bond donors (Lipinski definition) is 2. The zero-order valence-electron chi connectivity index (χ0n) is 15.0. The zero-order valence-corrected chi connectivity index (χ0v) is 15.0. The van der Waals surface area contributed by atoms with Crippen LogP contribution >= 0.6 is 0 Å². The van der Waals surface area contributed by atoms with Crippen molar-refractivity contribution >= 4 is 23.2 Å². The van der Waals surface area contributed by atoms with Gasteiger partial charge in [0.15, 0.2) is 12.6 Å². The third-order valence-corrected chi connectivity index (χ3v) is 4.83. The molecule has 5 nitrogen and oxygen atoms in total. The number of para-hydroxylation sites is 1. The van der Waals surface area contributed by atoms with Crippen LogP contribution in [0.1, 0.15) is 12.5 Å². The minimum absolute atomic E-state index is 0.0158. The van der Waals surface area contributed by atoms with E-state index in [9.17, 15) is 14.0 Å². The lowest BCUT2D eigenvalue weighted by atomic mass is 10.2. The van der Waals surface area contributed by atoms with Gasteiger partial charge >= 0.3 is 0 Å². The second kappa shape index (κ2) is 7.66. The van der Waals surface area contributed by atoms with Gasteiger partial charge in [-0.1, -0.05) is 18.2 Å². The van der Waals surface area contributed by atoms with Gasteiger partial charge in [-0.2, -0.15) is 0 Å². The second-order valence-electron chi connectivity index (χ2n) is 6.67. The summed E-state index contributed by atoms with van der Waals surface area (Å²) < 4.78 is 12.9. The molecule has 136 valence electrons. The molecule has 0 radical (unpaired) electrons. The van der Waals surface area contributed by atoms with Crippen LogP contribution in [0.25, 0.3) is 0 Å². The van der Waals surface area contributed by atoms with Gasteiger partial charge in [0.1, 0.15) is 5.82 Å². The fourth-order valence-electron chi connectivity index (χ4n) is 3.16. The molecule has 2 N–H and O–H groups in total. The fraction of sp³-hybridized carbons (Fsp3) is 0.300. The summed E-state index contributed by atoms with van der Waals surface area (Å²) in [5.74, 6) is -0.548. The molecule has 1 unspecified atom stereocenters. The van der Waals surface area contributed by atoms with E-state index in [1.165, 1.54) is 29.8 Å². The summed E-state index contributed by atoms with van der Waals surface area (Å²) in [7, 11) is 1.83. The fourth-order valence-corrected chi connectivity index (χ4v) is 3.16. The first kappa shape index (κ1) is 18.1. The largest absolute Gasteiger partial charge is 0.321 e. The van der Waals surface area contributed by atoms with Crippen molar-refractivity contribution in [2.75, 3.05) is 30.4 Å². The molecule has 6 heteroatoms. The molecule has 0 bridgehead atoms. The number of rotatable bonds is 5. The van der Waals surface area contributed by atoms with Crippen LogP contribution in [0.15, 0.2) is 48.5 Å². The highest BCUT2D eigenvalue weighted by Crippen LogP contribution is 2.27. The number of amides is 2. The number of benzene rings is 2. The number of quaternary nitrogens is 1. The Bertz CT molecular complexity index is 807. The van der Waals surface area contributed by atoms with Gasteiger partial charge in [-0.15, -0.1) is 0 Å². The number of anilines is 2. The molecule has 1 heterocycles. The minimum atomic E-state index is -0.351. The normalized spacial score (nSPS) is 15.3. The van der Waals surface area contributed by atoms with Crippen molar-refractivity contribution in [1.29, 1.82) is 0 Å². The molecule has 0 saturated carbocycles. The van der Waals surface area contributed by atoms with E-state index in [2.05, 4.69) is 5.32 Å². The topological polar surface area (TPSA) is 53.9 Å². The Balaban J connectivity index is 1.59. The van der Waals surface area contributed by atoms with Gasteiger partial charge in [-0.3, -0.25) is 9.59 Å². The molecule has 1 aliphatic rings. The number of hydrogen-bond acceptors (Lipinski definition) is 2. The maximum Gasteiger partial charge on any atom is 0.284 e. The summed E-state index contributed by atoms with van der Waals surface area (Å²) in [5.41, 5.74) is 2.68. The lowest BCUT2D eigenvalue weighted by Crippen LogP contribution is -3.15. The summed E-state index contributed by atoms with van der Waals surface area (Å²) in [6.45, 7) is 2.67. The van der Waals surface area contributed by atoms with Crippen molar-refractivity contribution in [3.8, 4) is 0 Å². The molecule has 0 fully saturated rings. The highest BCUT2D eigenvalue weighted by Gasteiger charge is 2.32. The summed E-state index contributed by atoms with van der Waals surface area (Å²) in [4.78, 5) is 27.7. The number of halogens is 1. The maximum absolute atomic E-state index is 12.9. The third-order valence-electron chi connectivity index (χ3n) is 4.83.